The van der Waals surface area contributed by atoms with Crippen LogP contribution in [-0.4, -0.2) is 29.3 Å². The number of ether oxygens (including phenoxy) is 1. The van der Waals surface area contributed by atoms with Crippen LogP contribution in [0.5, 0.6) is 11.5 Å². The largest absolute Gasteiger partial charge is 0.504 e. The Kier molecular flexibility index (Phi) is 3.97. The van der Waals surface area contributed by atoms with E-state index < -0.39 is 0 Å². The van der Waals surface area contributed by atoms with E-state index in [9.17, 15) is 9.90 Å². The second kappa shape index (κ2) is 6.23. The summed E-state index contributed by atoms with van der Waals surface area (Å²) in [4.78, 5) is 15.2. The Morgan fingerprint density at radius 2 is 2.09 bits per heavy atom. The summed E-state index contributed by atoms with van der Waals surface area (Å²) in [6, 6.07) is 12.5. The number of aromatic amines is 1. The van der Waals surface area contributed by atoms with Gasteiger partial charge >= 0.3 is 0 Å². The van der Waals surface area contributed by atoms with Crippen molar-refractivity contribution < 1.29 is 14.6 Å². The van der Waals surface area contributed by atoms with E-state index in [1.54, 1.807) is 24.4 Å². The quantitative estimate of drug-likeness (QED) is 0.511. The summed E-state index contributed by atoms with van der Waals surface area (Å²) >= 11 is 0. The highest BCUT2D eigenvalue weighted by Crippen LogP contribution is 2.27. The molecule has 0 spiro atoms. The number of rotatable bonds is 4. The highest BCUT2D eigenvalue weighted by atomic mass is 16.5. The Bertz CT molecular complexity index is 884. The number of amides is 1. The lowest BCUT2D eigenvalue weighted by molar-refractivity contribution is 0.0957. The summed E-state index contributed by atoms with van der Waals surface area (Å²) in [7, 11) is 1.47. The third-order valence-corrected chi connectivity index (χ3v) is 3.45. The SMILES string of the molecule is COc1cccc(/C=N\NC(=O)c2c[nH]c3ccccc23)c1O. The molecular formula is C17H15N3O3. The Labute approximate surface area is 132 Å². The van der Waals surface area contributed by atoms with Crippen molar-refractivity contribution in [3.05, 3.63) is 59.8 Å². The predicted octanol–water partition coefficient (Wildman–Crippen LogP) is 2.65. The molecule has 3 rings (SSSR count). The van der Waals surface area contributed by atoms with Gasteiger partial charge in [-0.05, 0) is 18.2 Å². The fraction of sp³-hybridized carbons (Fsp3) is 0.0588. The summed E-state index contributed by atoms with van der Waals surface area (Å²) in [5.41, 5.74) is 4.29. The molecule has 0 saturated heterocycles. The number of fused-ring (bicyclic) bond motifs is 1. The van der Waals surface area contributed by atoms with Gasteiger partial charge in [-0.1, -0.05) is 24.3 Å². The number of H-pyrrole nitrogens is 1. The third-order valence-electron chi connectivity index (χ3n) is 3.45. The topological polar surface area (TPSA) is 86.7 Å². The molecule has 3 aromatic rings. The molecule has 1 aromatic heterocycles. The van der Waals surface area contributed by atoms with E-state index in [1.807, 2.05) is 24.3 Å². The molecule has 0 saturated carbocycles. The zero-order valence-electron chi connectivity index (χ0n) is 12.4. The average Bonchev–Trinajstić information content (AvgIpc) is 3.00. The zero-order chi connectivity index (χ0) is 16.2. The summed E-state index contributed by atoms with van der Waals surface area (Å²) in [5.74, 6) is -0.0157. The molecule has 2 aromatic carbocycles. The number of nitrogens with one attached hydrogen (secondary N) is 2. The second-order valence-electron chi connectivity index (χ2n) is 4.85. The molecule has 23 heavy (non-hydrogen) atoms. The molecule has 0 atom stereocenters. The predicted molar refractivity (Wildman–Crippen MR) is 88.0 cm³/mol. The van der Waals surface area contributed by atoms with Crippen molar-refractivity contribution >= 4 is 23.0 Å². The van der Waals surface area contributed by atoms with Crippen LogP contribution in [0.15, 0.2) is 53.8 Å². The summed E-state index contributed by atoms with van der Waals surface area (Å²) in [5, 5.41) is 14.7. The number of para-hydroxylation sites is 2. The van der Waals surface area contributed by atoms with Gasteiger partial charge in [0.05, 0.1) is 18.9 Å². The molecule has 0 aliphatic rings. The Hall–Kier alpha value is -3.28. The number of phenolic OH excluding ortho intramolecular Hbond substituents is 1. The molecule has 116 valence electrons. The van der Waals surface area contributed by atoms with Crippen molar-refractivity contribution in [2.24, 2.45) is 5.10 Å². The molecule has 0 aliphatic carbocycles. The minimum absolute atomic E-state index is 0.0277. The van der Waals surface area contributed by atoms with Crippen LogP contribution in [0.25, 0.3) is 10.9 Å². The van der Waals surface area contributed by atoms with Crippen LogP contribution >= 0.6 is 0 Å². The first-order chi connectivity index (χ1) is 11.2. The maximum atomic E-state index is 12.2. The van der Waals surface area contributed by atoms with E-state index in [-0.39, 0.29) is 11.7 Å². The van der Waals surface area contributed by atoms with Gasteiger partial charge in [0.15, 0.2) is 11.5 Å². The number of carbonyl (C=O) groups excluding carboxylic acids is 1. The van der Waals surface area contributed by atoms with E-state index in [1.165, 1.54) is 13.3 Å². The molecule has 0 radical (unpaired) electrons. The van der Waals surface area contributed by atoms with Crippen LogP contribution in [0.1, 0.15) is 15.9 Å². The molecule has 1 amide bonds. The maximum Gasteiger partial charge on any atom is 0.273 e. The van der Waals surface area contributed by atoms with Crippen LogP contribution in [-0.2, 0) is 0 Å². The van der Waals surface area contributed by atoms with E-state index in [2.05, 4.69) is 15.5 Å². The Morgan fingerprint density at radius 3 is 2.91 bits per heavy atom. The van der Waals surface area contributed by atoms with Crippen molar-refractivity contribution in [1.29, 1.82) is 0 Å². The van der Waals surface area contributed by atoms with Gasteiger partial charge < -0.3 is 14.8 Å². The number of hydrogen-bond acceptors (Lipinski definition) is 4. The van der Waals surface area contributed by atoms with Crippen LogP contribution in [0, 0.1) is 0 Å². The highest BCUT2D eigenvalue weighted by Gasteiger charge is 2.10. The van der Waals surface area contributed by atoms with Crippen molar-refractivity contribution in [1.82, 2.24) is 10.4 Å². The second-order valence-corrected chi connectivity index (χ2v) is 4.85. The number of carbonyl (C=O) groups is 1. The lowest BCUT2D eigenvalue weighted by Crippen LogP contribution is -2.17. The van der Waals surface area contributed by atoms with Crippen LogP contribution in [0.3, 0.4) is 0 Å². The molecule has 6 nitrogen and oxygen atoms in total. The molecule has 1 heterocycles. The molecule has 0 bridgehead atoms. The van der Waals surface area contributed by atoms with Crippen molar-refractivity contribution in [3.63, 3.8) is 0 Å². The minimum atomic E-state index is -0.332. The number of methoxy groups -OCH3 is 1. The number of hydrazone groups is 1. The number of aromatic nitrogens is 1. The van der Waals surface area contributed by atoms with Gasteiger partial charge in [-0.3, -0.25) is 4.79 Å². The van der Waals surface area contributed by atoms with E-state index in [4.69, 9.17) is 4.74 Å². The molecule has 3 N–H and O–H groups in total. The van der Waals surface area contributed by atoms with Crippen LogP contribution in [0.2, 0.25) is 0 Å². The van der Waals surface area contributed by atoms with E-state index in [0.29, 0.717) is 16.9 Å². The maximum absolute atomic E-state index is 12.2. The number of hydrogen-bond donors (Lipinski definition) is 3. The molecule has 0 fully saturated rings. The Balaban J connectivity index is 1.77. The molecular weight excluding hydrogens is 294 g/mol. The van der Waals surface area contributed by atoms with Gasteiger partial charge in [0.25, 0.3) is 5.91 Å². The van der Waals surface area contributed by atoms with E-state index >= 15 is 0 Å². The fourth-order valence-electron chi connectivity index (χ4n) is 2.29. The smallest absolute Gasteiger partial charge is 0.273 e. The highest BCUT2D eigenvalue weighted by molar-refractivity contribution is 6.06. The molecule has 0 aliphatic heterocycles. The fourth-order valence-corrected chi connectivity index (χ4v) is 2.29. The Morgan fingerprint density at radius 1 is 1.26 bits per heavy atom. The standard InChI is InChI=1S/C17H15N3O3/c1-23-15-8-4-5-11(16(15)21)9-19-20-17(22)13-10-18-14-7-3-2-6-12(13)14/h2-10,18,21H,1H3,(H,20,22)/b19-9-. The number of phenols is 1. The number of aromatic hydroxyl groups is 1. The van der Waals surface area contributed by atoms with Gasteiger partial charge in [0.2, 0.25) is 0 Å². The van der Waals surface area contributed by atoms with Gasteiger partial charge in [-0.15, -0.1) is 0 Å². The normalized spacial score (nSPS) is 11.0. The number of benzene rings is 2. The van der Waals surface area contributed by atoms with Gasteiger partial charge in [0.1, 0.15) is 0 Å². The monoisotopic (exact) mass is 309 g/mol. The average molecular weight is 309 g/mol. The lowest BCUT2D eigenvalue weighted by Gasteiger charge is -2.04. The third kappa shape index (κ3) is 2.87. The van der Waals surface area contributed by atoms with Gasteiger partial charge in [-0.2, -0.15) is 5.10 Å². The van der Waals surface area contributed by atoms with Crippen LogP contribution in [0.4, 0.5) is 0 Å². The zero-order valence-corrected chi connectivity index (χ0v) is 12.4. The summed E-state index contributed by atoms with van der Waals surface area (Å²) < 4.78 is 5.02. The number of nitrogens with zero attached hydrogens (tertiary/aromatic N) is 1. The van der Waals surface area contributed by atoms with Gasteiger partial charge in [0, 0.05) is 22.7 Å². The first-order valence-electron chi connectivity index (χ1n) is 6.96. The molecule has 0 unspecified atom stereocenters. The van der Waals surface area contributed by atoms with Gasteiger partial charge in [-0.25, -0.2) is 5.43 Å². The van der Waals surface area contributed by atoms with Crippen LogP contribution < -0.4 is 10.2 Å². The van der Waals surface area contributed by atoms with Crippen molar-refractivity contribution in [2.45, 2.75) is 0 Å². The lowest BCUT2D eigenvalue weighted by atomic mass is 10.2. The first-order valence-corrected chi connectivity index (χ1v) is 6.96. The summed E-state index contributed by atoms with van der Waals surface area (Å²) in [6.45, 7) is 0. The van der Waals surface area contributed by atoms with E-state index in [0.717, 1.165) is 10.9 Å². The minimum Gasteiger partial charge on any atom is -0.504 e. The first kappa shape index (κ1) is 14.6. The van der Waals surface area contributed by atoms with Crippen molar-refractivity contribution in [3.8, 4) is 11.5 Å². The summed E-state index contributed by atoms with van der Waals surface area (Å²) in [6.07, 6.45) is 3.00. The molecule has 6 heteroatoms. The van der Waals surface area contributed by atoms with Crippen molar-refractivity contribution in [2.75, 3.05) is 7.11 Å².